The highest BCUT2D eigenvalue weighted by molar-refractivity contribution is 7.87. The Morgan fingerprint density at radius 3 is 2.61 bits per heavy atom. The average Bonchev–Trinajstić information content (AvgIpc) is 3.19. The molecule has 1 amide bonds. The quantitative estimate of drug-likeness (QED) is 0.646. The molecule has 3 rings (SSSR count). The van der Waals surface area contributed by atoms with Gasteiger partial charge in [0, 0.05) is 31.0 Å². The molecule has 0 saturated carbocycles. The second kappa shape index (κ2) is 8.28. The lowest BCUT2D eigenvalue weighted by Gasteiger charge is -2.18. The van der Waals surface area contributed by atoms with Crippen molar-refractivity contribution < 1.29 is 13.2 Å². The first kappa shape index (κ1) is 19.6. The van der Waals surface area contributed by atoms with Gasteiger partial charge in [-0.15, -0.1) is 0 Å². The number of rotatable bonds is 7. The number of pyridine rings is 2. The summed E-state index contributed by atoms with van der Waals surface area (Å²) in [7, 11) is -3.91. The van der Waals surface area contributed by atoms with Crippen molar-refractivity contribution in [1.29, 1.82) is 0 Å². The topological polar surface area (TPSA) is 110 Å². The Balaban J connectivity index is 1.83. The maximum atomic E-state index is 12.4. The fourth-order valence-corrected chi connectivity index (χ4v) is 3.75. The number of nitrogens with zero attached hydrogens (tertiary/aromatic N) is 5. The highest BCUT2D eigenvalue weighted by atomic mass is 32.2. The third-order valence-corrected chi connectivity index (χ3v) is 5.68. The molecule has 146 valence electrons. The van der Waals surface area contributed by atoms with E-state index < -0.39 is 16.1 Å². The first-order valence-electron chi connectivity index (χ1n) is 8.69. The fourth-order valence-electron chi connectivity index (χ4n) is 2.60. The van der Waals surface area contributed by atoms with Crippen molar-refractivity contribution in [3.63, 3.8) is 0 Å². The van der Waals surface area contributed by atoms with Crippen LogP contribution < -0.4 is 4.72 Å². The molecular formula is C18H20N6O3S. The lowest BCUT2D eigenvalue weighted by atomic mass is 10.2. The van der Waals surface area contributed by atoms with Crippen LogP contribution in [-0.2, 0) is 10.2 Å². The van der Waals surface area contributed by atoms with Crippen molar-refractivity contribution in [3.8, 4) is 16.9 Å². The van der Waals surface area contributed by atoms with E-state index in [1.807, 2.05) is 6.07 Å². The van der Waals surface area contributed by atoms with Gasteiger partial charge in [0.25, 0.3) is 5.91 Å². The molecule has 0 aliphatic carbocycles. The highest BCUT2D eigenvalue weighted by Gasteiger charge is 2.23. The molecule has 0 spiro atoms. The number of hydrogen-bond acceptors (Lipinski definition) is 6. The molecule has 0 aliphatic rings. The Morgan fingerprint density at radius 1 is 1.14 bits per heavy atom. The van der Waals surface area contributed by atoms with Crippen LogP contribution in [0.2, 0.25) is 0 Å². The van der Waals surface area contributed by atoms with Crippen LogP contribution in [0.15, 0.2) is 55.1 Å². The van der Waals surface area contributed by atoms with Gasteiger partial charge in [0.2, 0.25) is 0 Å². The number of hydrogen-bond donors (Lipinski definition) is 1. The Bertz CT molecular complexity index is 1060. The molecular weight excluding hydrogens is 380 g/mol. The van der Waals surface area contributed by atoms with Gasteiger partial charge in [0.1, 0.15) is 5.69 Å². The fraction of sp³-hybridized carbons (Fsp3) is 0.222. The molecule has 0 radical (unpaired) electrons. The predicted octanol–water partition coefficient (Wildman–Crippen LogP) is 1.65. The van der Waals surface area contributed by atoms with E-state index in [-0.39, 0.29) is 18.8 Å². The zero-order valence-electron chi connectivity index (χ0n) is 15.5. The number of nitrogens with one attached hydrogen (secondary N) is 1. The zero-order chi connectivity index (χ0) is 20.1. The van der Waals surface area contributed by atoms with E-state index in [9.17, 15) is 13.2 Å². The van der Waals surface area contributed by atoms with E-state index in [4.69, 9.17) is 0 Å². The number of carbonyl (C=O) groups is 1. The van der Waals surface area contributed by atoms with Crippen LogP contribution in [-0.4, -0.2) is 51.5 Å². The van der Waals surface area contributed by atoms with Crippen LogP contribution >= 0.6 is 0 Å². The summed E-state index contributed by atoms with van der Waals surface area (Å²) in [5.74, 6) is -0.784. The second-order valence-corrected chi connectivity index (χ2v) is 7.48. The van der Waals surface area contributed by atoms with Crippen LogP contribution in [0.25, 0.3) is 16.9 Å². The predicted molar refractivity (Wildman–Crippen MR) is 104 cm³/mol. The Morgan fingerprint density at radius 2 is 1.93 bits per heavy atom. The maximum Gasteiger partial charge on any atom is 0.304 e. The zero-order valence-corrected chi connectivity index (χ0v) is 16.3. The van der Waals surface area contributed by atoms with E-state index >= 15 is 0 Å². The van der Waals surface area contributed by atoms with Crippen molar-refractivity contribution in [2.24, 2.45) is 0 Å². The summed E-state index contributed by atoms with van der Waals surface area (Å²) in [4.78, 5) is 20.7. The maximum absolute atomic E-state index is 12.4. The van der Waals surface area contributed by atoms with Gasteiger partial charge in [-0.1, -0.05) is 19.9 Å². The summed E-state index contributed by atoms with van der Waals surface area (Å²) in [6.45, 7) is 3.93. The summed E-state index contributed by atoms with van der Waals surface area (Å²) in [5, 5.41) is 4.28. The van der Waals surface area contributed by atoms with Gasteiger partial charge in [-0.25, -0.2) is 14.4 Å². The standard InChI is InChI=1S/C18H20N6O3S/c1-3-23(4-2)28(26,27)22-18(25)17-9-5-8-16(21-17)14-11-20-24(13-14)15-7-6-10-19-12-15/h5-13H,3-4H2,1-2H3,(H,22,25). The largest absolute Gasteiger partial charge is 0.304 e. The van der Waals surface area contributed by atoms with Crippen LogP contribution in [0, 0.1) is 0 Å². The van der Waals surface area contributed by atoms with Crippen molar-refractivity contribution in [2.75, 3.05) is 13.1 Å². The SMILES string of the molecule is CCN(CC)S(=O)(=O)NC(=O)c1cccc(-c2cnn(-c3cccnc3)c2)n1. The minimum absolute atomic E-state index is 0.00218. The molecule has 0 fully saturated rings. The van der Waals surface area contributed by atoms with Gasteiger partial charge in [-0.05, 0) is 24.3 Å². The summed E-state index contributed by atoms with van der Waals surface area (Å²) in [6, 6.07) is 8.49. The first-order chi connectivity index (χ1) is 13.4. The molecule has 0 unspecified atom stereocenters. The van der Waals surface area contributed by atoms with Crippen LogP contribution in [0.5, 0.6) is 0 Å². The third-order valence-electron chi connectivity index (χ3n) is 4.04. The van der Waals surface area contributed by atoms with Crippen LogP contribution in [0.1, 0.15) is 24.3 Å². The van der Waals surface area contributed by atoms with Gasteiger partial charge in [-0.3, -0.25) is 9.78 Å². The molecule has 0 saturated heterocycles. The van der Waals surface area contributed by atoms with Crippen molar-refractivity contribution in [2.45, 2.75) is 13.8 Å². The van der Waals surface area contributed by atoms with E-state index in [1.54, 1.807) is 61.5 Å². The van der Waals surface area contributed by atoms with E-state index in [2.05, 4.69) is 19.8 Å². The molecule has 1 N–H and O–H groups in total. The summed E-state index contributed by atoms with van der Waals surface area (Å²) in [6.07, 6.45) is 6.72. The first-order valence-corrected chi connectivity index (χ1v) is 10.1. The smallest absolute Gasteiger partial charge is 0.266 e. The summed E-state index contributed by atoms with van der Waals surface area (Å²) >= 11 is 0. The lowest BCUT2D eigenvalue weighted by Crippen LogP contribution is -2.43. The third kappa shape index (κ3) is 4.24. The molecule has 28 heavy (non-hydrogen) atoms. The number of carbonyl (C=O) groups excluding carboxylic acids is 1. The van der Waals surface area contributed by atoms with Gasteiger partial charge >= 0.3 is 10.2 Å². The molecule has 9 nitrogen and oxygen atoms in total. The van der Waals surface area contributed by atoms with Crippen molar-refractivity contribution >= 4 is 16.1 Å². The highest BCUT2D eigenvalue weighted by Crippen LogP contribution is 2.18. The molecule has 3 aromatic rings. The Kier molecular flexibility index (Phi) is 5.81. The van der Waals surface area contributed by atoms with Crippen molar-refractivity contribution in [3.05, 3.63) is 60.8 Å². The molecule has 0 bridgehead atoms. The van der Waals surface area contributed by atoms with Gasteiger partial charge in [0.05, 0.1) is 23.8 Å². The van der Waals surface area contributed by atoms with E-state index in [0.717, 1.165) is 9.99 Å². The summed E-state index contributed by atoms with van der Waals surface area (Å²) in [5.41, 5.74) is 1.98. The van der Waals surface area contributed by atoms with Crippen molar-refractivity contribution in [1.82, 2.24) is 28.8 Å². The van der Waals surface area contributed by atoms with Crippen LogP contribution in [0.4, 0.5) is 0 Å². The van der Waals surface area contributed by atoms with E-state index in [0.29, 0.717) is 11.3 Å². The monoisotopic (exact) mass is 400 g/mol. The van der Waals surface area contributed by atoms with Gasteiger partial charge in [-0.2, -0.15) is 17.8 Å². The number of amides is 1. The second-order valence-electron chi connectivity index (χ2n) is 5.81. The summed E-state index contributed by atoms with van der Waals surface area (Å²) < 4.78 is 29.3. The Hall–Kier alpha value is -3.11. The molecule has 3 heterocycles. The molecule has 0 atom stereocenters. The van der Waals surface area contributed by atoms with E-state index in [1.165, 1.54) is 6.07 Å². The van der Waals surface area contributed by atoms with Crippen LogP contribution in [0.3, 0.4) is 0 Å². The molecule has 0 aliphatic heterocycles. The minimum Gasteiger partial charge on any atom is -0.266 e. The van der Waals surface area contributed by atoms with Gasteiger partial charge in [0.15, 0.2) is 0 Å². The average molecular weight is 400 g/mol. The molecule has 3 aromatic heterocycles. The molecule has 0 aromatic carbocycles. The Labute approximate surface area is 163 Å². The number of aromatic nitrogens is 4. The lowest BCUT2D eigenvalue weighted by molar-refractivity contribution is 0.0974. The normalized spacial score (nSPS) is 11.5. The van der Waals surface area contributed by atoms with Gasteiger partial charge < -0.3 is 0 Å². The minimum atomic E-state index is -3.91. The molecule has 10 heteroatoms.